The molecule has 0 unspecified atom stereocenters. The lowest BCUT2D eigenvalue weighted by atomic mass is 10.1. The first-order chi connectivity index (χ1) is 47.1. The maximum atomic E-state index is 13.6. The molecule has 0 radical (unpaired) electrons. The zero-order valence-corrected chi connectivity index (χ0v) is 54.5. The predicted octanol–water partition coefficient (Wildman–Crippen LogP) is 19.6. The van der Waals surface area contributed by atoms with Crippen LogP contribution in [-0.4, -0.2) is 62.6 Å². The largest absolute Gasteiger partial charge is 0.508 e. The number of halogens is 5. The average molecular weight is 1380 g/mol. The van der Waals surface area contributed by atoms with Gasteiger partial charge in [0.05, 0.1) is 21.1 Å². The number of hydrogen-bond donors (Lipinski definition) is 8. The zero-order valence-electron chi connectivity index (χ0n) is 52.1. The minimum atomic E-state index is -4.32. The molecule has 0 aliphatic rings. The van der Waals surface area contributed by atoms with E-state index in [1.807, 2.05) is 56.3 Å². The number of thiophene rings is 3. The molecule has 0 aliphatic heterocycles. The molecular weight excluding hydrogens is 1320 g/mol. The van der Waals surface area contributed by atoms with Crippen molar-refractivity contribution in [1.29, 1.82) is 0 Å². The maximum Gasteiger partial charge on any atom is 0.390 e. The quantitative estimate of drug-likeness (QED) is 0.0165. The number of aryl methyl sites for hydroxylation is 1. The van der Waals surface area contributed by atoms with Gasteiger partial charge in [-0.25, -0.2) is 14.3 Å². The third-order valence-electron chi connectivity index (χ3n) is 14.5. The molecule has 3 heterocycles. The lowest BCUT2D eigenvalue weighted by Crippen LogP contribution is -2.26. The van der Waals surface area contributed by atoms with Gasteiger partial charge >= 0.3 is 6.18 Å². The van der Waals surface area contributed by atoms with Gasteiger partial charge < -0.3 is 45.3 Å². The molecule has 0 fully saturated rings. The van der Waals surface area contributed by atoms with Crippen molar-refractivity contribution in [1.82, 2.24) is 16.1 Å². The van der Waals surface area contributed by atoms with Crippen molar-refractivity contribution >= 4 is 100 Å². The molecule has 3 amide bonds. The molecule has 98 heavy (non-hydrogen) atoms. The molecule has 0 saturated carbocycles. The summed E-state index contributed by atoms with van der Waals surface area (Å²) in [6.07, 6.45) is 4.20. The van der Waals surface area contributed by atoms with Crippen LogP contribution in [0.15, 0.2) is 212 Å². The minimum Gasteiger partial charge on any atom is -0.508 e. The molecule has 9 aromatic carbocycles. The van der Waals surface area contributed by atoms with Gasteiger partial charge in [-0.3, -0.25) is 19.6 Å². The van der Waals surface area contributed by atoms with E-state index >= 15 is 0 Å². The second-order valence-electron chi connectivity index (χ2n) is 21.8. The summed E-state index contributed by atoms with van der Waals surface area (Å²) in [7, 11) is 0. The number of hydroxylamine groups is 1. The molecule has 8 N–H and O–H groups in total. The van der Waals surface area contributed by atoms with Gasteiger partial charge in [-0.05, 0) is 210 Å². The summed E-state index contributed by atoms with van der Waals surface area (Å²) >= 11 is 4.38. The Hall–Kier alpha value is -11.3. The molecule has 3 aromatic heterocycles. The van der Waals surface area contributed by atoms with E-state index in [4.69, 9.17) is 19.4 Å². The Morgan fingerprint density at radius 2 is 0.816 bits per heavy atom. The Kier molecular flexibility index (Phi) is 22.7. The number of rotatable bonds is 19. The lowest BCUT2D eigenvalue weighted by Gasteiger charge is -2.10. The van der Waals surface area contributed by atoms with E-state index in [1.165, 1.54) is 82.0 Å². The Morgan fingerprint density at radius 3 is 1.21 bits per heavy atom. The summed E-state index contributed by atoms with van der Waals surface area (Å²) in [4.78, 5) is 37.1. The minimum absolute atomic E-state index is 0.112. The standard InChI is InChI=1S/C26H19F4NO3S.C26H23NO4S.C24H18FNO4S/c27-18-6-4-17(5-7-18)25-24(21-11-8-19(32)15-22(21)35-25)34-20-9-1-16(2-10-20)3-12-23(33)31-14-13-26(28,29)30;1-2-15-27-24(30)14-5-17-3-11-21(12-4-17)31-25-22-13-10-20(29)16-23(22)32-26(25)18-6-8-19(28)9-7-18;1-14-12-16(25)5-9-19(14)24-23(20-10-6-17(27)13-21(20)31-24)30-18-7-2-15(3-8-18)4-11-22(28)26-29/h1-12,15,32H,13-14H2,(H,31,33);3-14,16,28-29H,2,15H2,1H3,(H,27,30);2-13,27,29H,1H3,(H,26,28)/b12-3+;14-5+;11-4+. The molecule has 0 atom stereocenters. The highest BCUT2D eigenvalue weighted by Gasteiger charge is 2.27. The predicted molar refractivity (Wildman–Crippen MR) is 377 cm³/mol. The number of nitrogens with one attached hydrogen (secondary N) is 3. The third kappa shape index (κ3) is 18.6. The number of ether oxygens (including phenoxy) is 3. The van der Waals surface area contributed by atoms with Crippen molar-refractivity contribution in [3.63, 3.8) is 0 Å². The molecule has 0 spiro atoms. The summed E-state index contributed by atoms with van der Waals surface area (Å²) in [6, 6.07) is 54.2. The Morgan fingerprint density at radius 1 is 0.449 bits per heavy atom. The number of phenolic OH excluding ortho intramolecular Hbond substituents is 4. The molecule has 12 aromatic rings. The number of amides is 3. The number of aromatic hydroxyl groups is 4. The van der Waals surface area contributed by atoms with Gasteiger partial charge in [0.2, 0.25) is 11.8 Å². The summed E-state index contributed by atoms with van der Waals surface area (Å²) in [6.45, 7) is 4.02. The second kappa shape index (κ2) is 32.0. The van der Waals surface area contributed by atoms with Crippen LogP contribution in [0.25, 0.3) is 79.8 Å². The number of carbonyl (C=O) groups excluding carboxylic acids is 3. The fourth-order valence-corrected chi connectivity index (χ4v) is 13.3. The van der Waals surface area contributed by atoms with Gasteiger partial charge in [0, 0.05) is 61.6 Å². The third-order valence-corrected chi connectivity index (χ3v) is 18.0. The van der Waals surface area contributed by atoms with Crippen LogP contribution in [0, 0.1) is 18.6 Å². The molecule has 22 heteroatoms. The van der Waals surface area contributed by atoms with E-state index < -0.39 is 31.0 Å². The van der Waals surface area contributed by atoms with Crippen LogP contribution >= 0.6 is 34.0 Å². The van der Waals surface area contributed by atoms with Crippen LogP contribution in [0.1, 0.15) is 42.0 Å². The zero-order chi connectivity index (χ0) is 69.5. The van der Waals surface area contributed by atoms with Crippen molar-refractivity contribution in [2.45, 2.75) is 32.9 Å². The SMILES string of the molecule is CCCNC(=O)/C=C/c1ccc(Oc2c(-c3ccc(O)cc3)sc3cc(O)ccc23)cc1.Cc1cc(F)ccc1-c1sc2cc(O)ccc2c1Oc1ccc(/C=C/C(=O)NO)cc1.O=C(/C=C/c1ccc(Oc2c(-c3ccc(F)cc3)sc3cc(O)ccc23)cc1)NCCC(F)(F)F. The Balaban J connectivity index is 0.000000160. The second-order valence-corrected chi connectivity index (χ2v) is 24.9. The lowest BCUT2D eigenvalue weighted by molar-refractivity contribution is -0.135. The van der Waals surface area contributed by atoms with Gasteiger partial charge in [0.25, 0.3) is 5.91 Å². The van der Waals surface area contributed by atoms with Crippen molar-refractivity contribution in [2.75, 3.05) is 13.1 Å². The highest BCUT2D eigenvalue weighted by Crippen LogP contribution is 2.51. The molecule has 14 nitrogen and oxygen atoms in total. The first-order valence-corrected chi connectivity index (χ1v) is 32.6. The van der Waals surface area contributed by atoms with E-state index in [-0.39, 0.29) is 40.5 Å². The maximum absolute atomic E-state index is 13.6. The topological polar surface area (TPSA) is 216 Å². The molecule has 0 aliphatic carbocycles. The molecule has 0 bridgehead atoms. The number of carbonyl (C=O) groups is 3. The Labute approximate surface area is 570 Å². The van der Waals surface area contributed by atoms with E-state index in [2.05, 4.69) is 10.6 Å². The van der Waals surface area contributed by atoms with Crippen LogP contribution in [-0.2, 0) is 14.4 Å². The van der Waals surface area contributed by atoms with Crippen LogP contribution in [0.4, 0.5) is 22.0 Å². The van der Waals surface area contributed by atoms with Crippen LogP contribution in [0.2, 0.25) is 0 Å². The number of benzene rings is 9. The first-order valence-electron chi connectivity index (χ1n) is 30.2. The Bertz CT molecular complexity index is 4900. The van der Waals surface area contributed by atoms with Gasteiger partial charge in [-0.15, -0.1) is 34.0 Å². The van der Waals surface area contributed by atoms with Crippen LogP contribution in [0.5, 0.6) is 57.5 Å². The fraction of sp³-hybridized carbons (Fsp3) is 0.0921. The number of alkyl halides is 3. The van der Waals surface area contributed by atoms with Gasteiger partial charge in [0.15, 0.2) is 17.2 Å². The van der Waals surface area contributed by atoms with E-state index in [1.54, 1.807) is 140 Å². The first kappa shape index (κ1) is 69.5. The van der Waals surface area contributed by atoms with Crippen LogP contribution in [0.3, 0.4) is 0 Å². The van der Waals surface area contributed by atoms with Gasteiger partial charge in [0.1, 0.15) is 51.9 Å². The molecule has 12 rings (SSSR count). The van der Waals surface area contributed by atoms with Gasteiger partial charge in [-0.1, -0.05) is 61.5 Å². The fourth-order valence-electron chi connectivity index (χ4n) is 9.68. The normalized spacial score (nSPS) is 11.4. The highest BCUT2D eigenvalue weighted by molar-refractivity contribution is 7.23. The smallest absolute Gasteiger partial charge is 0.390 e. The summed E-state index contributed by atoms with van der Waals surface area (Å²) in [5.74, 6) is 2.28. The molecule has 498 valence electrons. The van der Waals surface area contributed by atoms with Crippen molar-refractivity contribution < 1.29 is 76.2 Å². The monoisotopic (exact) mass is 1380 g/mol. The van der Waals surface area contributed by atoms with E-state index in [0.717, 1.165) is 90.8 Å². The van der Waals surface area contributed by atoms with Crippen LogP contribution < -0.4 is 30.3 Å². The molecule has 0 saturated heterocycles. The van der Waals surface area contributed by atoms with Crippen molar-refractivity contribution in [3.8, 4) is 88.8 Å². The van der Waals surface area contributed by atoms with Crippen molar-refractivity contribution in [2.24, 2.45) is 0 Å². The van der Waals surface area contributed by atoms with Crippen molar-refractivity contribution in [3.05, 3.63) is 246 Å². The highest BCUT2D eigenvalue weighted by atomic mass is 32.1. The molecular formula is C76H60F5N3O11S3. The number of hydrogen-bond acceptors (Lipinski definition) is 14. The van der Waals surface area contributed by atoms with Gasteiger partial charge in [-0.2, -0.15) is 13.2 Å². The number of phenols is 4. The number of fused-ring (bicyclic) bond motifs is 3. The average Bonchev–Trinajstić information content (AvgIpc) is 1.64. The summed E-state index contributed by atoms with van der Waals surface area (Å²) in [5.41, 5.74) is 7.15. The summed E-state index contributed by atoms with van der Waals surface area (Å²) < 4.78 is 84.8. The summed E-state index contributed by atoms with van der Waals surface area (Å²) in [5, 5.41) is 55.3. The van der Waals surface area contributed by atoms with E-state index in [0.29, 0.717) is 46.6 Å². The van der Waals surface area contributed by atoms with E-state index in [9.17, 15) is 56.8 Å².